The van der Waals surface area contributed by atoms with Crippen molar-refractivity contribution in [2.45, 2.75) is 71.3 Å². The molecule has 0 fully saturated rings. The van der Waals surface area contributed by atoms with Crippen molar-refractivity contribution in [3.8, 4) is 0 Å². The summed E-state index contributed by atoms with van der Waals surface area (Å²) in [5.41, 5.74) is 1.88. The molecule has 0 atom stereocenters. The number of rotatable bonds is 10. The van der Waals surface area contributed by atoms with Crippen LogP contribution in [-0.2, 0) is 0 Å². The van der Waals surface area contributed by atoms with E-state index in [-0.39, 0.29) is 0 Å². The van der Waals surface area contributed by atoms with E-state index in [1.165, 1.54) is 25.7 Å². The van der Waals surface area contributed by atoms with Crippen LogP contribution in [0, 0.1) is 0 Å². The first kappa shape index (κ1) is 15.4. The fourth-order valence-electron chi connectivity index (χ4n) is 1.77. The van der Waals surface area contributed by atoms with Crippen molar-refractivity contribution in [1.29, 1.82) is 0 Å². The first-order chi connectivity index (χ1) is 7.63. The average molecular weight is 224 g/mol. The third-order valence-corrected chi connectivity index (χ3v) is 2.98. The second kappa shape index (κ2) is 9.65. The molecule has 16 heavy (non-hydrogen) atoms. The van der Waals surface area contributed by atoms with E-state index in [1.54, 1.807) is 0 Å². The molecule has 0 aromatic heterocycles. The number of aliphatic hydroxyl groups is 1. The Morgan fingerprint density at radius 1 is 0.875 bits per heavy atom. The SMILES string of the molecule is C=C(CCCCC)C(O)C(=C)CCCCC. The van der Waals surface area contributed by atoms with E-state index in [2.05, 4.69) is 27.0 Å². The smallest absolute Gasteiger partial charge is 0.0955 e. The normalized spacial score (nSPS) is 10.8. The van der Waals surface area contributed by atoms with E-state index in [0.29, 0.717) is 0 Å². The van der Waals surface area contributed by atoms with Gasteiger partial charge in [0, 0.05) is 0 Å². The molecule has 0 rings (SSSR count). The lowest BCUT2D eigenvalue weighted by molar-refractivity contribution is 0.237. The quantitative estimate of drug-likeness (QED) is 0.424. The summed E-state index contributed by atoms with van der Waals surface area (Å²) in [6, 6.07) is 0. The maximum Gasteiger partial charge on any atom is 0.0955 e. The minimum atomic E-state index is -0.478. The van der Waals surface area contributed by atoms with Crippen LogP contribution in [0.1, 0.15) is 65.2 Å². The van der Waals surface area contributed by atoms with Crippen molar-refractivity contribution >= 4 is 0 Å². The molecule has 0 unspecified atom stereocenters. The summed E-state index contributed by atoms with van der Waals surface area (Å²) in [6.07, 6.45) is 8.50. The molecular weight excluding hydrogens is 196 g/mol. The highest BCUT2D eigenvalue weighted by molar-refractivity contribution is 5.18. The van der Waals surface area contributed by atoms with Gasteiger partial charge in [-0.15, -0.1) is 0 Å². The van der Waals surface area contributed by atoms with Crippen LogP contribution in [0.3, 0.4) is 0 Å². The Kier molecular flexibility index (Phi) is 9.31. The van der Waals surface area contributed by atoms with E-state index in [0.717, 1.165) is 36.8 Å². The molecule has 0 aliphatic heterocycles. The summed E-state index contributed by atoms with van der Waals surface area (Å²) in [4.78, 5) is 0. The summed E-state index contributed by atoms with van der Waals surface area (Å²) < 4.78 is 0. The van der Waals surface area contributed by atoms with Gasteiger partial charge in [0.1, 0.15) is 0 Å². The van der Waals surface area contributed by atoms with Crippen molar-refractivity contribution in [2.75, 3.05) is 0 Å². The molecule has 1 heteroatoms. The summed E-state index contributed by atoms with van der Waals surface area (Å²) in [7, 11) is 0. The topological polar surface area (TPSA) is 20.2 Å². The molecule has 0 aromatic rings. The predicted octanol–water partition coefficient (Wildman–Crippen LogP) is 4.62. The maximum absolute atomic E-state index is 9.99. The van der Waals surface area contributed by atoms with E-state index < -0.39 is 6.10 Å². The Bertz CT molecular complexity index is 183. The fourth-order valence-corrected chi connectivity index (χ4v) is 1.77. The minimum absolute atomic E-state index is 0.478. The van der Waals surface area contributed by atoms with Gasteiger partial charge in [0.2, 0.25) is 0 Å². The average Bonchev–Trinajstić information content (AvgIpc) is 2.28. The van der Waals surface area contributed by atoms with Gasteiger partial charge in [0.05, 0.1) is 6.10 Å². The van der Waals surface area contributed by atoms with Gasteiger partial charge in [-0.05, 0) is 36.8 Å². The molecule has 0 aromatic carbocycles. The van der Waals surface area contributed by atoms with Crippen molar-refractivity contribution in [3.63, 3.8) is 0 Å². The predicted molar refractivity (Wildman–Crippen MR) is 72.6 cm³/mol. The highest BCUT2D eigenvalue weighted by Gasteiger charge is 2.11. The maximum atomic E-state index is 9.99. The van der Waals surface area contributed by atoms with Gasteiger partial charge in [-0.25, -0.2) is 0 Å². The molecule has 0 bridgehead atoms. The van der Waals surface area contributed by atoms with Crippen molar-refractivity contribution in [3.05, 3.63) is 24.3 Å². The van der Waals surface area contributed by atoms with Crippen LogP contribution in [0.5, 0.6) is 0 Å². The Balaban J connectivity index is 3.78. The van der Waals surface area contributed by atoms with Crippen LogP contribution in [0.4, 0.5) is 0 Å². The molecule has 94 valence electrons. The summed E-state index contributed by atoms with van der Waals surface area (Å²) >= 11 is 0. The van der Waals surface area contributed by atoms with Crippen LogP contribution >= 0.6 is 0 Å². The van der Waals surface area contributed by atoms with Crippen LogP contribution in [0.15, 0.2) is 24.3 Å². The van der Waals surface area contributed by atoms with Crippen LogP contribution in [0.2, 0.25) is 0 Å². The molecular formula is C15H28O. The second-order valence-electron chi connectivity index (χ2n) is 4.63. The third-order valence-electron chi connectivity index (χ3n) is 2.98. The standard InChI is InChI=1S/C15H28O/c1-5-7-9-11-13(3)15(16)14(4)12-10-8-6-2/h15-16H,3-12H2,1-2H3. The second-order valence-corrected chi connectivity index (χ2v) is 4.63. The minimum Gasteiger partial charge on any atom is -0.384 e. The first-order valence-corrected chi connectivity index (χ1v) is 6.66. The molecule has 0 saturated carbocycles. The molecule has 1 N–H and O–H groups in total. The molecule has 0 spiro atoms. The van der Waals surface area contributed by atoms with Gasteiger partial charge in [-0.2, -0.15) is 0 Å². The Labute approximate surface area is 101 Å². The summed E-state index contributed by atoms with van der Waals surface area (Å²) in [6.45, 7) is 12.3. The molecule has 0 amide bonds. The van der Waals surface area contributed by atoms with Gasteiger partial charge in [-0.1, -0.05) is 52.7 Å². The summed E-state index contributed by atoms with van der Waals surface area (Å²) in [5.74, 6) is 0. The Morgan fingerprint density at radius 3 is 1.56 bits per heavy atom. The van der Waals surface area contributed by atoms with Crippen molar-refractivity contribution < 1.29 is 5.11 Å². The lowest BCUT2D eigenvalue weighted by atomic mass is 9.95. The van der Waals surface area contributed by atoms with E-state index in [4.69, 9.17) is 0 Å². The number of aliphatic hydroxyl groups excluding tert-OH is 1. The van der Waals surface area contributed by atoms with E-state index in [1.807, 2.05) is 0 Å². The third kappa shape index (κ3) is 6.84. The van der Waals surface area contributed by atoms with Gasteiger partial charge >= 0.3 is 0 Å². The number of hydrogen-bond donors (Lipinski definition) is 1. The van der Waals surface area contributed by atoms with E-state index in [9.17, 15) is 5.11 Å². The van der Waals surface area contributed by atoms with Crippen molar-refractivity contribution in [2.24, 2.45) is 0 Å². The highest BCUT2D eigenvalue weighted by Crippen LogP contribution is 2.19. The first-order valence-electron chi connectivity index (χ1n) is 6.66. The van der Waals surface area contributed by atoms with Crippen molar-refractivity contribution in [1.82, 2.24) is 0 Å². The van der Waals surface area contributed by atoms with Crippen LogP contribution in [0.25, 0.3) is 0 Å². The Morgan fingerprint density at radius 2 is 1.25 bits per heavy atom. The largest absolute Gasteiger partial charge is 0.384 e. The monoisotopic (exact) mass is 224 g/mol. The summed E-state index contributed by atoms with van der Waals surface area (Å²) in [5, 5.41) is 9.99. The zero-order valence-corrected chi connectivity index (χ0v) is 11.1. The van der Waals surface area contributed by atoms with Gasteiger partial charge in [0.25, 0.3) is 0 Å². The van der Waals surface area contributed by atoms with Crippen LogP contribution < -0.4 is 0 Å². The lowest BCUT2D eigenvalue weighted by Gasteiger charge is -2.16. The fraction of sp³-hybridized carbons (Fsp3) is 0.733. The highest BCUT2D eigenvalue weighted by atomic mass is 16.3. The molecule has 0 aliphatic rings. The van der Waals surface area contributed by atoms with Gasteiger partial charge in [0.15, 0.2) is 0 Å². The van der Waals surface area contributed by atoms with Gasteiger partial charge < -0.3 is 5.11 Å². The molecule has 0 aliphatic carbocycles. The zero-order chi connectivity index (χ0) is 12.4. The van der Waals surface area contributed by atoms with Gasteiger partial charge in [-0.3, -0.25) is 0 Å². The lowest BCUT2D eigenvalue weighted by Crippen LogP contribution is -2.12. The number of hydrogen-bond acceptors (Lipinski definition) is 1. The molecule has 0 heterocycles. The molecule has 0 radical (unpaired) electrons. The van der Waals surface area contributed by atoms with Crippen LogP contribution in [-0.4, -0.2) is 11.2 Å². The Hall–Kier alpha value is -0.560. The number of unbranched alkanes of at least 4 members (excludes halogenated alkanes) is 4. The molecule has 0 saturated heterocycles. The zero-order valence-electron chi connectivity index (χ0n) is 11.1. The molecule has 1 nitrogen and oxygen atoms in total. The van der Waals surface area contributed by atoms with E-state index >= 15 is 0 Å².